The molecule has 0 atom stereocenters. The summed E-state index contributed by atoms with van der Waals surface area (Å²) in [6.45, 7) is 5.67. The van der Waals surface area contributed by atoms with E-state index in [9.17, 15) is 14.4 Å². The van der Waals surface area contributed by atoms with Crippen LogP contribution in [0.1, 0.15) is 39.9 Å². The van der Waals surface area contributed by atoms with Crippen molar-refractivity contribution in [3.63, 3.8) is 0 Å². The molecule has 0 fully saturated rings. The smallest absolute Gasteiger partial charge is 0.259 e. The van der Waals surface area contributed by atoms with Crippen molar-refractivity contribution in [2.45, 2.75) is 25.8 Å². The Balaban J connectivity index is 1.20. The molecule has 0 saturated carbocycles. The van der Waals surface area contributed by atoms with Crippen LogP contribution < -0.4 is 5.32 Å². The van der Waals surface area contributed by atoms with E-state index in [0.29, 0.717) is 37.2 Å². The highest BCUT2D eigenvalue weighted by Crippen LogP contribution is 2.30. The molecular formula is C24H25N3O3. The minimum Gasteiger partial charge on any atom is -0.355 e. The third-order valence-corrected chi connectivity index (χ3v) is 5.71. The molecule has 6 heteroatoms. The van der Waals surface area contributed by atoms with E-state index in [2.05, 4.69) is 24.0 Å². The zero-order valence-corrected chi connectivity index (χ0v) is 16.9. The molecular weight excluding hydrogens is 378 g/mol. The topological polar surface area (TPSA) is 69.7 Å². The number of nitrogens with zero attached hydrogens (tertiary/aromatic N) is 2. The lowest BCUT2D eigenvalue weighted by atomic mass is 9.99. The number of hydrogen-bond donors (Lipinski definition) is 1. The molecule has 0 radical (unpaired) electrons. The number of amides is 3. The third kappa shape index (κ3) is 3.99. The molecule has 0 aliphatic carbocycles. The monoisotopic (exact) mass is 403 g/mol. The van der Waals surface area contributed by atoms with Gasteiger partial charge in [0.05, 0.1) is 0 Å². The van der Waals surface area contributed by atoms with Crippen LogP contribution in [-0.2, 0) is 22.6 Å². The second-order valence-corrected chi connectivity index (χ2v) is 7.67. The van der Waals surface area contributed by atoms with Crippen molar-refractivity contribution in [2.24, 2.45) is 0 Å². The van der Waals surface area contributed by atoms with E-state index in [1.54, 1.807) is 12.1 Å². The molecule has 0 aromatic heterocycles. The highest BCUT2D eigenvalue weighted by molar-refractivity contribution is 6.10. The number of nitrogens with one attached hydrogen (secondary N) is 1. The van der Waals surface area contributed by atoms with E-state index in [4.69, 9.17) is 0 Å². The second kappa shape index (κ2) is 8.53. The van der Waals surface area contributed by atoms with Crippen LogP contribution in [0, 0.1) is 0 Å². The summed E-state index contributed by atoms with van der Waals surface area (Å²) >= 11 is 0. The van der Waals surface area contributed by atoms with Crippen molar-refractivity contribution in [3.05, 3.63) is 77.4 Å². The molecule has 2 aromatic rings. The maximum absolute atomic E-state index is 12.5. The largest absolute Gasteiger partial charge is 0.355 e. The van der Waals surface area contributed by atoms with Gasteiger partial charge in [0, 0.05) is 42.9 Å². The minimum absolute atomic E-state index is 0.0663. The highest BCUT2D eigenvalue weighted by atomic mass is 16.2. The highest BCUT2D eigenvalue weighted by Gasteiger charge is 2.31. The lowest BCUT2D eigenvalue weighted by Crippen LogP contribution is -2.38. The van der Waals surface area contributed by atoms with Gasteiger partial charge in [-0.1, -0.05) is 49.0 Å². The van der Waals surface area contributed by atoms with Gasteiger partial charge < -0.3 is 10.2 Å². The Bertz CT molecular complexity index is 979. The van der Waals surface area contributed by atoms with Gasteiger partial charge in [-0.05, 0) is 30.0 Å². The number of rotatable bonds is 6. The molecule has 3 amide bonds. The van der Waals surface area contributed by atoms with Gasteiger partial charge in [0.15, 0.2) is 0 Å². The van der Waals surface area contributed by atoms with Crippen LogP contribution in [-0.4, -0.2) is 47.2 Å². The molecule has 30 heavy (non-hydrogen) atoms. The average Bonchev–Trinajstić information content (AvgIpc) is 3.01. The Morgan fingerprint density at radius 3 is 2.47 bits per heavy atom. The van der Waals surface area contributed by atoms with Crippen LogP contribution in [0.25, 0.3) is 5.70 Å². The van der Waals surface area contributed by atoms with E-state index in [1.165, 1.54) is 16.0 Å². The number of hydrogen-bond acceptors (Lipinski definition) is 3. The molecule has 0 bridgehead atoms. The van der Waals surface area contributed by atoms with Crippen molar-refractivity contribution in [2.75, 3.05) is 19.6 Å². The molecule has 0 saturated heterocycles. The number of fused-ring (bicyclic) bond motifs is 2. The van der Waals surface area contributed by atoms with Crippen LogP contribution in [0.4, 0.5) is 0 Å². The molecule has 0 spiro atoms. The van der Waals surface area contributed by atoms with Crippen molar-refractivity contribution >= 4 is 23.4 Å². The summed E-state index contributed by atoms with van der Waals surface area (Å²) in [4.78, 5) is 40.5. The SMILES string of the molecule is C=C1c2ccccc2C(=O)N1CC(=O)NCCCC(=O)N1CCc2ccccc2C1. The van der Waals surface area contributed by atoms with Crippen molar-refractivity contribution in [3.8, 4) is 0 Å². The van der Waals surface area contributed by atoms with Crippen LogP contribution in [0.15, 0.2) is 55.1 Å². The zero-order chi connectivity index (χ0) is 21.1. The lowest BCUT2D eigenvalue weighted by molar-refractivity contribution is -0.132. The van der Waals surface area contributed by atoms with E-state index >= 15 is 0 Å². The summed E-state index contributed by atoms with van der Waals surface area (Å²) in [6.07, 6.45) is 1.84. The molecule has 0 unspecified atom stereocenters. The quantitative estimate of drug-likeness (QED) is 0.754. The van der Waals surface area contributed by atoms with Crippen LogP contribution >= 0.6 is 0 Å². The minimum atomic E-state index is -0.253. The Morgan fingerprint density at radius 1 is 1.00 bits per heavy atom. The molecule has 1 N–H and O–H groups in total. The van der Waals surface area contributed by atoms with Gasteiger partial charge in [0.25, 0.3) is 5.91 Å². The number of carbonyl (C=O) groups excluding carboxylic acids is 3. The van der Waals surface area contributed by atoms with Gasteiger partial charge in [-0.25, -0.2) is 0 Å². The molecule has 2 heterocycles. The second-order valence-electron chi connectivity index (χ2n) is 7.67. The molecule has 2 aliphatic rings. The fourth-order valence-corrected chi connectivity index (χ4v) is 4.04. The first-order valence-electron chi connectivity index (χ1n) is 10.3. The van der Waals surface area contributed by atoms with Crippen LogP contribution in [0.3, 0.4) is 0 Å². The van der Waals surface area contributed by atoms with Crippen molar-refractivity contribution in [1.82, 2.24) is 15.1 Å². The van der Waals surface area contributed by atoms with E-state index in [0.717, 1.165) is 18.5 Å². The summed E-state index contributed by atoms with van der Waals surface area (Å²) in [5, 5.41) is 2.81. The molecule has 2 aliphatic heterocycles. The first-order valence-corrected chi connectivity index (χ1v) is 10.3. The fraction of sp³-hybridized carbons (Fsp3) is 0.292. The average molecular weight is 403 g/mol. The standard InChI is InChI=1S/C24H25N3O3/c1-17-20-9-4-5-10-21(20)24(30)27(17)16-22(28)25-13-6-11-23(29)26-14-12-18-7-2-3-8-19(18)15-26/h2-5,7-10H,1,6,11-16H2,(H,25,28). The zero-order valence-electron chi connectivity index (χ0n) is 16.9. The number of carbonyl (C=O) groups is 3. The first kappa shape index (κ1) is 19.9. The fourth-order valence-electron chi connectivity index (χ4n) is 4.04. The molecule has 154 valence electrons. The maximum atomic E-state index is 12.5. The van der Waals surface area contributed by atoms with Crippen LogP contribution in [0.5, 0.6) is 0 Å². The summed E-state index contributed by atoms with van der Waals surface area (Å²) in [6, 6.07) is 15.4. The normalized spacial score (nSPS) is 15.1. The Kier molecular flexibility index (Phi) is 5.65. The first-order chi connectivity index (χ1) is 14.5. The summed E-state index contributed by atoms with van der Waals surface area (Å²) in [5.41, 5.74) is 4.41. The molecule has 6 nitrogen and oxygen atoms in total. The lowest BCUT2D eigenvalue weighted by Gasteiger charge is -2.29. The van der Waals surface area contributed by atoms with Gasteiger partial charge in [0.1, 0.15) is 6.54 Å². The maximum Gasteiger partial charge on any atom is 0.259 e. The molecule has 4 rings (SSSR count). The number of benzene rings is 2. The van der Waals surface area contributed by atoms with Crippen LogP contribution in [0.2, 0.25) is 0 Å². The van der Waals surface area contributed by atoms with Gasteiger partial charge in [0.2, 0.25) is 11.8 Å². The predicted octanol–water partition coefficient (Wildman–Crippen LogP) is 2.59. The van der Waals surface area contributed by atoms with Gasteiger partial charge >= 0.3 is 0 Å². The molecule has 2 aromatic carbocycles. The predicted molar refractivity (Wildman–Crippen MR) is 114 cm³/mol. The van der Waals surface area contributed by atoms with Crippen molar-refractivity contribution < 1.29 is 14.4 Å². The van der Waals surface area contributed by atoms with E-state index in [-0.39, 0.29) is 24.3 Å². The van der Waals surface area contributed by atoms with Gasteiger partial charge in [-0.2, -0.15) is 0 Å². The summed E-state index contributed by atoms with van der Waals surface area (Å²) < 4.78 is 0. The van der Waals surface area contributed by atoms with Gasteiger partial charge in [-0.15, -0.1) is 0 Å². The van der Waals surface area contributed by atoms with E-state index in [1.807, 2.05) is 29.2 Å². The van der Waals surface area contributed by atoms with Crippen molar-refractivity contribution in [1.29, 1.82) is 0 Å². The summed E-state index contributed by atoms with van der Waals surface area (Å²) in [5.74, 6) is -0.347. The Hall–Kier alpha value is -3.41. The Morgan fingerprint density at radius 2 is 1.70 bits per heavy atom. The van der Waals surface area contributed by atoms with Gasteiger partial charge in [-0.3, -0.25) is 19.3 Å². The Labute approximate surface area is 176 Å². The van der Waals surface area contributed by atoms with E-state index < -0.39 is 0 Å². The summed E-state index contributed by atoms with van der Waals surface area (Å²) in [7, 11) is 0. The third-order valence-electron chi connectivity index (χ3n) is 5.71.